The van der Waals surface area contributed by atoms with Crippen molar-refractivity contribution < 1.29 is 26.7 Å². The molecule has 0 saturated carbocycles. The molecule has 8 nitrogen and oxygen atoms in total. The second-order valence-corrected chi connectivity index (χ2v) is 7.59. The molecule has 0 aliphatic carbocycles. The normalized spacial score (nSPS) is 11.6. The SMILES string of the molecule is CCOC(=O)CN(c1cc(F)cc(F)c1)S(=O)(=O)c1cccn2c(C)nnc12. The highest BCUT2D eigenvalue weighted by molar-refractivity contribution is 7.93. The molecular formula is C17H16F2N4O4S. The van der Waals surface area contributed by atoms with E-state index in [1.54, 1.807) is 20.0 Å². The minimum atomic E-state index is -4.44. The molecule has 28 heavy (non-hydrogen) atoms. The van der Waals surface area contributed by atoms with Crippen LogP contribution >= 0.6 is 0 Å². The molecule has 0 aliphatic heterocycles. The lowest BCUT2D eigenvalue weighted by atomic mass is 10.3. The van der Waals surface area contributed by atoms with Crippen LogP contribution in [0.1, 0.15) is 12.7 Å². The van der Waals surface area contributed by atoms with E-state index in [0.29, 0.717) is 16.2 Å². The fraction of sp³-hybridized carbons (Fsp3) is 0.235. The molecule has 0 amide bonds. The maximum Gasteiger partial charge on any atom is 0.326 e. The number of carbonyl (C=O) groups is 1. The van der Waals surface area contributed by atoms with Gasteiger partial charge in [-0.3, -0.25) is 13.5 Å². The fourth-order valence-electron chi connectivity index (χ4n) is 2.65. The van der Waals surface area contributed by atoms with Crippen LogP contribution in [0.2, 0.25) is 0 Å². The number of nitrogens with zero attached hydrogens (tertiary/aromatic N) is 4. The molecular weight excluding hydrogens is 394 g/mol. The molecule has 148 valence electrons. The minimum absolute atomic E-state index is 0.0171. The van der Waals surface area contributed by atoms with Crippen LogP contribution in [0.4, 0.5) is 14.5 Å². The highest BCUT2D eigenvalue weighted by Gasteiger charge is 2.31. The summed E-state index contributed by atoms with van der Waals surface area (Å²) in [4.78, 5) is 11.7. The summed E-state index contributed by atoms with van der Waals surface area (Å²) in [7, 11) is -4.44. The monoisotopic (exact) mass is 410 g/mol. The standard InChI is InChI=1S/C17H16F2N4O4S/c1-3-27-16(24)10-23(14-8-12(18)7-13(19)9-14)28(25,26)15-5-4-6-22-11(2)20-21-17(15)22/h4-9H,3,10H2,1-2H3. The summed E-state index contributed by atoms with van der Waals surface area (Å²) in [5.74, 6) is -2.41. The summed E-state index contributed by atoms with van der Waals surface area (Å²) in [6.45, 7) is 2.43. The number of pyridine rings is 1. The smallest absolute Gasteiger partial charge is 0.326 e. The van der Waals surface area contributed by atoms with Crippen molar-refractivity contribution in [2.24, 2.45) is 0 Å². The van der Waals surface area contributed by atoms with Gasteiger partial charge in [-0.15, -0.1) is 10.2 Å². The number of anilines is 1. The molecule has 1 aromatic carbocycles. The van der Waals surface area contributed by atoms with E-state index in [1.165, 1.54) is 16.5 Å². The first-order valence-electron chi connectivity index (χ1n) is 8.19. The van der Waals surface area contributed by atoms with Gasteiger partial charge in [0.1, 0.15) is 28.9 Å². The van der Waals surface area contributed by atoms with E-state index in [1.807, 2.05) is 0 Å². The Bertz CT molecular complexity index is 1130. The summed E-state index contributed by atoms with van der Waals surface area (Å²) in [6, 6.07) is 4.96. The third-order valence-corrected chi connectivity index (χ3v) is 5.65. The van der Waals surface area contributed by atoms with Crippen molar-refractivity contribution in [3.8, 4) is 0 Å². The lowest BCUT2D eigenvalue weighted by molar-refractivity contribution is -0.141. The summed E-state index contributed by atoms with van der Waals surface area (Å²) < 4.78 is 60.9. The van der Waals surface area contributed by atoms with Crippen molar-refractivity contribution in [2.45, 2.75) is 18.7 Å². The molecule has 2 heterocycles. The van der Waals surface area contributed by atoms with Gasteiger partial charge >= 0.3 is 5.97 Å². The largest absolute Gasteiger partial charge is 0.465 e. The lowest BCUT2D eigenvalue weighted by Crippen LogP contribution is -2.37. The first kappa shape index (κ1) is 19.7. The Balaban J connectivity index is 2.18. The molecule has 0 unspecified atom stereocenters. The molecule has 0 aliphatic rings. The number of aryl methyl sites for hydroxylation is 1. The Kier molecular flexibility index (Phi) is 5.27. The number of halogens is 2. The van der Waals surface area contributed by atoms with Gasteiger partial charge < -0.3 is 4.74 Å². The second-order valence-electron chi connectivity index (χ2n) is 5.76. The van der Waals surface area contributed by atoms with Crippen molar-refractivity contribution >= 4 is 27.3 Å². The van der Waals surface area contributed by atoms with E-state index < -0.39 is 34.2 Å². The maximum absolute atomic E-state index is 13.7. The average molecular weight is 410 g/mol. The third-order valence-electron chi connectivity index (χ3n) is 3.85. The zero-order valence-electron chi connectivity index (χ0n) is 15.0. The molecule has 0 radical (unpaired) electrons. The average Bonchev–Trinajstić information content (AvgIpc) is 3.00. The second kappa shape index (κ2) is 7.50. The number of aromatic nitrogens is 3. The van der Waals surface area contributed by atoms with Gasteiger partial charge in [0.25, 0.3) is 10.0 Å². The van der Waals surface area contributed by atoms with Crippen LogP contribution in [-0.4, -0.2) is 42.1 Å². The quantitative estimate of drug-likeness (QED) is 0.578. The minimum Gasteiger partial charge on any atom is -0.465 e. The summed E-state index contributed by atoms with van der Waals surface area (Å²) in [5, 5.41) is 7.69. The predicted octanol–water partition coefficient (Wildman–Crippen LogP) is 2.07. The first-order valence-corrected chi connectivity index (χ1v) is 9.63. The topological polar surface area (TPSA) is 93.9 Å². The van der Waals surface area contributed by atoms with Gasteiger partial charge in [-0.25, -0.2) is 17.2 Å². The lowest BCUT2D eigenvalue weighted by Gasteiger charge is -2.23. The third kappa shape index (κ3) is 3.65. The van der Waals surface area contributed by atoms with Crippen LogP contribution in [0, 0.1) is 18.6 Å². The number of esters is 1. The van der Waals surface area contributed by atoms with Crippen molar-refractivity contribution in [2.75, 3.05) is 17.5 Å². The van der Waals surface area contributed by atoms with Gasteiger partial charge in [-0.1, -0.05) is 0 Å². The fourth-order valence-corrected chi connectivity index (χ4v) is 4.17. The Morgan fingerprint density at radius 3 is 2.54 bits per heavy atom. The van der Waals surface area contributed by atoms with E-state index >= 15 is 0 Å². The van der Waals surface area contributed by atoms with Gasteiger partial charge in [0.05, 0.1) is 12.3 Å². The zero-order chi connectivity index (χ0) is 20.5. The molecule has 0 atom stereocenters. The van der Waals surface area contributed by atoms with Crippen LogP contribution in [0.25, 0.3) is 5.65 Å². The molecule has 11 heteroatoms. The molecule has 0 spiro atoms. The van der Waals surface area contributed by atoms with Crippen LogP contribution < -0.4 is 4.31 Å². The van der Waals surface area contributed by atoms with Gasteiger partial charge in [0.15, 0.2) is 5.65 Å². The molecule has 0 fully saturated rings. The Hall–Kier alpha value is -3.08. The number of carbonyl (C=O) groups excluding carboxylic acids is 1. The summed E-state index contributed by atoms with van der Waals surface area (Å²) in [6.07, 6.45) is 1.57. The van der Waals surface area contributed by atoms with E-state index in [4.69, 9.17) is 4.74 Å². The Morgan fingerprint density at radius 2 is 1.89 bits per heavy atom. The van der Waals surface area contributed by atoms with E-state index in [0.717, 1.165) is 12.1 Å². The van der Waals surface area contributed by atoms with Gasteiger partial charge in [0.2, 0.25) is 0 Å². The number of sulfonamides is 1. The number of benzene rings is 1. The number of ether oxygens (including phenoxy) is 1. The number of hydrogen-bond donors (Lipinski definition) is 0. The molecule has 0 saturated heterocycles. The molecule has 3 rings (SSSR count). The summed E-state index contributed by atoms with van der Waals surface area (Å²) in [5.41, 5.74) is -0.338. The number of fused-ring (bicyclic) bond motifs is 1. The highest BCUT2D eigenvalue weighted by Crippen LogP contribution is 2.27. The van der Waals surface area contributed by atoms with Crippen LogP contribution in [0.3, 0.4) is 0 Å². The van der Waals surface area contributed by atoms with Crippen molar-refractivity contribution in [1.29, 1.82) is 0 Å². The van der Waals surface area contributed by atoms with Gasteiger partial charge in [0, 0.05) is 12.3 Å². The van der Waals surface area contributed by atoms with Gasteiger partial charge in [-0.2, -0.15) is 0 Å². The van der Waals surface area contributed by atoms with Crippen LogP contribution in [0.15, 0.2) is 41.4 Å². The molecule has 3 aromatic rings. The Morgan fingerprint density at radius 1 is 1.21 bits per heavy atom. The number of rotatable bonds is 6. The maximum atomic E-state index is 13.7. The number of hydrogen-bond acceptors (Lipinski definition) is 6. The van der Waals surface area contributed by atoms with Crippen molar-refractivity contribution in [3.05, 3.63) is 54.0 Å². The van der Waals surface area contributed by atoms with Crippen LogP contribution in [-0.2, 0) is 19.6 Å². The molecule has 2 aromatic heterocycles. The molecule has 0 N–H and O–H groups in total. The van der Waals surface area contributed by atoms with Crippen molar-refractivity contribution in [1.82, 2.24) is 14.6 Å². The molecule has 0 bridgehead atoms. The van der Waals surface area contributed by atoms with Crippen molar-refractivity contribution in [3.63, 3.8) is 0 Å². The summed E-state index contributed by atoms with van der Waals surface area (Å²) >= 11 is 0. The van der Waals surface area contributed by atoms with Gasteiger partial charge in [-0.05, 0) is 38.1 Å². The van der Waals surface area contributed by atoms with E-state index in [-0.39, 0.29) is 22.8 Å². The van der Waals surface area contributed by atoms with E-state index in [2.05, 4.69) is 10.2 Å². The first-order chi connectivity index (χ1) is 13.2. The van der Waals surface area contributed by atoms with E-state index in [9.17, 15) is 22.0 Å². The van der Waals surface area contributed by atoms with Crippen LogP contribution in [0.5, 0.6) is 0 Å². The Labute approximate surface area is 159 Å². The predicted molar refractivity (Wildman–Crippen MR) is 95.2 cm³/mol. The zero-order valence-corrected chi connectivity index (χ0v) is 15.8. The highest BCUT2D eigenvalue weighted by atomic mass is 32.2.